The molecular formula is C19H26IN5O3. The van der Waals surface area contributed by atoms with Crippen LogP contribution in [0.4, 0.5) is 11.5 Å². The van der Waals surface area contributed by atoms with Crippen molar-refractivity contribution in [3.05, 3.63) is 42.1 Å². The van der Waals surface area contributed by atoms with Crippen molar-refractivity contribution in [2.24, 2.45) is 4.99 Å². The van der Waals surface area contributed by atoms with E-state index in [1.165, 1.54) is 0 Å². The number of ether oxygens (including phenoxy) is 2. The number of nitrogens with one attached hydrogen (secondary N) is 3. The van der Waals surface area contributed by atoms with Crippen molar-refractivity contribution < 1.29 is 14.3 Å². The van der Waals surface area contributed by atoms with Gasteiger partial charge in [-0.2, -0.15) is 0 Å². The maximum Gasteiger partial charge on any atom is 0.227 e. The highest BCUT2D eigenvalue weighted by molar-refractivity contribution is 14.0. The Morgan fingerprint density at radius 3 is 2.46 bits per heavy atom. The molecular weight excluding hydrogens is 473 g/mol. The molecule has 0 aliphatic rings. The normalized spacial score (nSPS) is 10.5. The zero-order valence-electron chi connectivity index (χ0n) is 16.4. The van der Waals surface area contributed by atoms with Crippen LogP contribution in [0.15, 0.2) is 41.5 Å². The van der Waals surface area contributed by atoms with Gasteiger partial charge >= 0.3 is 0 Å². The van der Waals surface area contributed by atoms with E-state index < -0.39 is 0 Å². The summed E-state index contributed by atoms with van der Waals surface area (Å²) < 4.78 is 10.5. The molecule has 0 atom stereocenters. The van der Waals surface area contributed by atoms with Crippen LogP contribution in [-0.2, 0) is 4.79 Å². The third-order valence-electron chi connectivity index (χ3n) is 3.69. The fraction of sp³-hybridized carbons (Fsp3) is 0.316. The van der Waals surface area contributed by atoms with Gasteiger partial charge in [0.05, 0.1) is 14.2 Å². The van der Waals surface area contributed by atoms with Crippen molar-refractivity contribution in [2.75, 3.05) is 38.4 Å². The smallest absolute Gasteiger partial charge is 0.227 e. The van der Waals surface area contributed by atoms with E-state index in [4.69, 9.17) is 9.47 Å². The standard InChI is InChI=1S/C19H25N5O3.HI/c1-13-5-8-17(22-12-13)24-18(25)9-10-21-19(20-2)23-14-6-7-15(26-3)16(11-14)27-4;/h5-8,11-12H,9-10H2,1-4H3,(H2,20,21,23)(H,22,24,25);1H. The van der Waals surface area contributed by atoms with E-state index in [2.05, 4.69) is 25.9 Å². The minimum Gasteiger partial charge on any atom is -0.493 e. The molecule has 2 aromatic rings. The van der Waals surface area contributed by atoms with Gasteiger partial charge in [-0.15, -0.1) is 24.0 Å². The molecule has 152 valence electrons. The number of carbonyl (C=O) groups is 1. The van der Waals surface area contributed by atoms with Crippen LogP contribution in [0.3, 0.4) is 0 Å². The van der Waals surface area contributed by atoms with Gasteiger partial charge in [-0.25, -0.2) is 4.98 Å². The number of methoxy groups -OCH3 is 2. The Labute approximate surface area is 182 Å². The largest absolute Gasteiger partial charge is 0.493 e. The Kier molecular flexibility index (Phi) is 10.1. The summed E-state index contributed by atoms with van der Waals surface area (Å²) in [7, 11) is 4.82. The highest BCUT2D eigenvalue weighted by Crippen LogP contribution is 2.29. The lowest BCUT2D eigenvalue weighted by molar-refractivity contribution is -0.116. The maximum absolute atomic E-state index is 12.0. The lowest BCUT2D eigenvalue weighted by Gasteiger charge is -2.14. The Hall–Kier alpha value is -2.56. The van der Waals surface area contributed by atoms with Gasteiger partial charge in [-0.05, 0) is 30.7 Å². The molecule has 8 nitrogen and oxygen atoms in total. The molecule has 0 radical (unpaired) electrons. The van der Waals surface area contributed by atoms with Gasteiger partial charge in [0.1, 0.15) is 5.82 Å². The summed E-state index contributed by atoms with van der Waals surface area (Å²) >= 11 is 0. The second-order valence-corrected chi connectivity index (χ2v) is 5.71. The number of guanidine groups is 1. The van der Waals surface area contributed by atoms with Crippen LogP contribution in [0.2, 0.25) is 0 Å². The van der Waals surface area contributed by atoms with Crippen LogP contribution in [0.1, 0.15) is 12.0 Å². The Balaban J connectivity index is 0.00000392. The number of aryl methyl sites for hydroxylation is 1. The molecule has 1 aromatic carbocycles. The zero-order chi connectivity index (χ0) is 19.6. The number of nitrogens with zero attached hydrogens (tertiary/aromatic N) is 2. The molecule has 28 heavy (non-hydrogen) atoms. The molecule has 1 heterocycles. The molecule has 0 fully saturated rings. The lowest BCUT2D eigenvalue weighted by atomic mass is 10.2. The summed E-state index contributed by atoms with van der Waals surface area (Å²) in [6.45, 7) is 2.37. The van der Waals surface area contributed by atoms with Crippen molar-refractivity contribution in [1.29, 1.82) is 0 Å². The minimum atomic E-state index is -0.125. The SMILES string of the molecule is CN=C(NCCC(=O)Nc1ccc(C)cn1)Nc1ccc(OC)c(OC)c1.I. The first-order valence-electron chi connectivity index (χ1n) is 8.48. The number of halogens is 1. The number of hydrogen-bond acceptors (Lipinski definition) is 5. The van der Waals surface area contributed by atoms with E-state index in [0.29, 0.717) is 29.8 Å². The van der Waals surface area contributed by atoms with Gasteiger partial charge in [0.15, 0.2) is 17.5 Å². The van der Waals surface area contributed by atoms with Crippen LogP contribution in [0.5, 0.6) is 11.5 Å². The van der Waals surface area contributed by atoms with Crippen molar-refractivity contribution in [2.45, 2.75) is 13.3 Å². The third kappa shape index (κ3) is 7.22. The monoisotopic (exact) mass is 499 g/mol. The van der Waals surface area contributed by atoms with Gasteiger partial charge in [0.25, 0.3) is 0 Å². The number of pyridine rings is 1. The third-order valence-corrected chi connectivity index (χ3v) is 3.69. The average molecular weight is 499 g/mol. The van der Waals surface area contributed by atoms with E-state index in [1.54, 1.807) is 39.6 Å². The molecule has 0 saturated carbocycles. The molecule has 0 saturated heterocycles. The van der Waals surface area contributed by atoms with Crippen LogP contribution >= 0.6 is 24.0 Å². The number of aliphatic imine (C=N–C) groups is 1. The van der Waals surface area contributed by atoms with Crippen molar-refractivity contribution in [1.82, 2.24) is 10.3 Å². The molecule has 0 aliphatic carbocycles. The highest BCUT2D eigenvalue weighted by atomic mass is 127. The fourth-order valence-electron chi connectivity index (χ4n) is 2.27. The number of hydrogen-bond donors (Lipinski definition) is 3. The number of amides is 1. The summed E-state index contributed by atoms with van der Waals surface area (Å²) in [6, 6.07) is 9.13. The van der Waals surface area contributed by atoms with E-state index in [-0.39, 0.29) is 36.3 Å². The Morgan fingerprint density at radius 1 is 1.11 bits per heavy atom. The first kappa shape index (κ1) is 23.5. The average Bonchev–Trinajstić information content (AvgIpc) is 2.68. The predicted molar refractivity (Wildman–Crippen MR) is 122 cm³/mol. The molecule has 0 bridgehead atoms. The van der Waals surface area contributed by atoms with Crippen molar-refractivity contribution >= 4 is 47.3 Å². The van der Waals surface area contributed by atoms with Crippen molar-refractivity contribution in [3.63, 3.8) is 0 Å². The number of aromatic nitrogens is 1. The van der Waals surface area contributed by atoms with Gasteiger partial charge in [0, 0.05) is 38.0 Å². The van der Waals surface area contributed by atoms with Crippen LogP contribution in [-0.4, -0.2) is 44.7 Å². The Bertz CT molecular complexity index is 797. The number of carbonyl (C=O) groups excluding carboxylic acids is 1. The van der Waals surface area contributed by atoms with E-state index in [1.807, 2.05) is 25.1 Å². The lowest BCUT2D eigenvalue weighted by Crippen LogP contribution is -2.33. The number of rotatable bonds is 7. The van der Waals surface area contributed by atoms with Crippen molar-refractivity contribution in [3.8, 4) is 11.5 Å². The molecule has 2 rings (SSSR count). The summed E-state index contributed by atoms with van der Waals surface area (Å²) in [5.41, 5.74) is 1.83. The first-order valence-corrected chi connectivity index (χ1v) is 8.48. The van der Waals surface area contributed by atoms with Gasteiger partial charge in [-0.1, -0.05) is 6.07 Å². The van der Waals surface area contributed by atoms with Crippen LogP contribution < -0.4 is 25.4 Å². The maximum atomic E-state index is 12.0. The first-order chi connectivity index (χ1) is 13.0. The van der Waals surface area contributed by atoms with Crippen LogP contribution in [0, 0.1) is 6.92 Å². The second-order valence-electron chi connectivity index (χ2n) is 5.71. The quantitative estimate of drug-likeness (QED) is 0.308. The van der Waals surface area contributed by atoms with Gasteiger partial charge < -0.3 is 25.4 Å². The minimum absolute atomic E-state index is 0. The topological polar surface area (TPSA) is 96.9 Å². The molecule has 9 heteroatoms. The van der Waals surface area contributed by atoms with E-state index in [0.717, 1.165) is 11.3 Å². The molecule has 0 aliphatic heterocycles. The van der Waals surface area contributed by atoms with Gasteiger partial charge in [0.2, 0.25) is 5.91 Å². The Morgan fingerprint density at radius 2 is 1.86 bits per heavy atom. The predicted octanol–water partition coefficient (Wildman–Crippen LogP) is 3.04. The molecule has 3 N–H and O–H groups in total. The number of anilines is 2. The van der Waals surface area contributed by atoms with E-state index >= 15 is 0 Å². The highest BCUT2D eigenvalue weighted by Gasteiger charge is 2.07. The van der Waals surface area contributed by atoms with Crippen LogP contribution in [0.25, 0.3) is 0 Å². The summed E-state index contributed by atoms with van der Waals surface area (Å²) in [5.74, 6) is 2.22. The summed E-state index contributed by atoms with van der Waals surface area (Å²) in [4.78, 5) is 20.3. The summed E-state index contributed by atoms with van der Waals surface area (Å²) in [6.07, 6.45) is 1.99. The second kappa shape index (κ2) is 12.0. The van der Waals surface area contributed by atoms with Gasteiger partial charge in [-0.3, -0.25) is 9.79 Å². The summed E-state index contributed by atoms with van der Waals surface area (Å²) in [5, 5.41) is 9.00. The fourth-order valence-corrected chi connectivity index (χ4v) is 2.27. The molecule has 0 spiro atoms. The zero-order valence-corrected chi connectivity index (χ0v) is 18.7. The molecule has 0 unspecified atom stereocenters. The molecule has 1 amide bonds. The number of benzene rings is 1. The van der Waals surface area contributed by atoms with E-state index in [9.17, 15) is 4.79 Å². The molecule has 1 aromatic heterocycles.